The Labute approximate surface area is 237 Å². The van der Waals surface area contributed by atoms with Gasteiger partial charge in [0.05, 0.1) is 15.6 Å². The third kappa shape index (κ3) is 6.65. The van der Waals surface area contributed by atoms with Crippen LogP contribution in [0.15, 0.2) is 65.6 Å². The molecule has 0 aromatic heterocycles. The molecule has 1 aliphatic rings. The molecule has 0 saturated carbocycles. The van der Waals surface area contributed by atoms with Crippen molar-refractivity contribution < 1.29 is 23.9 Å². The number of ether oxygens (including phenoxy) is 2. The number of imide groups is 1. The van der Waals surface area contributed by atoms with Crippen LogP contribution in [0, 0.1) is 10.5 Å². The van der Waals surface area contributed by atoms with Crippen LogP contribution >= 0.6 is 46.0 Å². The summed E-state index contributed by atoms with van der Waals surface area (Å²) in [6, 6.07) is 18.2. The Bertz CT molecular complexity index is 1410. The van der Waals surface area contributed by atoms with Gasteiger partial charge in [-0.1, -0.05) is 41.9 Å². The number of hydrogen-bond acceptors (Lipinski definition) is 6. The van der Waals surface area contributed by atoms with Crippen molar-refractivity contribution in [3.8, 4) is 11.5 Å². The highest BCUT2D eigenvalue weighted by atomic mass is 127. The van der Waals surface area contributed by atoms with E-state index in [-0.39, 0.29) is 18.1 Å². The molecular weight excluding hydrogens is 627 g/mol. The molecule has 3 aromatic carbocycles. The predicted octanol–water partition coefficient (Wildman–Crippen LogP) is 6.52. The maximum atomic E-state index is 12.9. The van der Waals surface area contributed by atoms with Gasteiger partial charge in [-0.05, 0) is 88.8 Å². The van der Waals surface area contributed by atoms with Gasteiger partial charge in [-0.25, -0.2) is 0 Å². The number of anilines is 1. The molecule has 0 spiro atoms. The van der Waals surface area contributed by atoms with Gasteiger partial charge >= 0.3 is 0 Å². The number of benzene rings is 3. The standard InChI is InChI=1S/C27H22ClIN2O5S/c1-16-6-5-8-19(10-16)30-24(32)14-31-26(33)23(37-27(31)34)13-17-11-21(29)25(22(12-17)35-2)36-15-18-7-3-4-9-20(18)28/h3-13H,14-15H2,1-2H3,(H,30,32)/b23-13+. The second-order valence-electron chi connectivity index (χ2n) is 8.10. The lowest BCUT2D eigenvalue weighted by molar-refractivity contribution is -0.127. The highest BCUT2D eigenvalue weighted by molar-refractivity contribution is 14.1. The van der Waals surface area contributed by atoms with Crippen LogP contribution in [0.2, 0.25) is 5.02 Å². The molecule has 4 rings (SSSR count). The van der Waals surface area contributed by atoms with Crippen molar-refractivity contribution in [2.75, 3.05) is 19.0 Å². The van der Waals surface area contributed by atoms with Crippen LogP contribution in [-0.4, -0.2) is 35.6 Å². The Hall–Kier alpha value is -3.02. The molecule has 3 amide bonds. The molecule has 10 heteroatoms. The average Bonchev–Trinajstić information content (AvgIpc) is 3.11. The first-order chi connectivity index (χ1) is 17.7. The van der Waals surface area contributed by atoms with E-state index in [1.165, 1.54) is 7.11 Å². The maximum absolute atomic E-state index is 12.9. The third-order valence-corrected chi connectivity index (χ3v) is 7.43. The van der Waals surface area contributed by atoms with E-state index < -0.39 is 17.1 Å². The van der Waals surface area contributed by atoms with Crippen LogP contribution in [0.5, 0.6) is 11.5 Å². The molecule has 1 aliphatic heterocycles. The fourth-order valence-electron chi connectivity index (χ4n) is 3.58. The summed E-state index contributed by atoms with van der Waals surface area (Å²) >= 11 is 9.14. The second kappa shape index (κ2) is 12.0. The molecule has 37 heavy (non-hydrogen) atoms. The summed E-state index contributed by atoms with van der Waals surface area (Å²) in [5.41, 5.74) is 3.08. The van der Waals surface area contributed by atoms with E-state index in [4.69, 9.17) is 21.1 Å². The number of hydrogen-bond donors (Lipinski definition) is 1. The minimum Gasteiger partial charge on any atom is -0.493 e. The fourth-order valence-corrected chi connectivity index (χ4v) is 5.39. The number of nitrogens with one attached hydrogen (secondary N) is 1. The van der Waals surface area contributed by atoms with E-state index in [9.17, 15) is 14.4 Å². The van der Waals surface area contributed by atoms with E-state index >= 15 is 0 Å². The number of thioether (sulfide) groups is 1. The molecule has 1 heterocycles. The quantitative estimate of drug-likeness (QED) is 0.221. The minimum atomic E-state index is -0.526. The highest BCUT2D eigenvalue weighted by Crippen LogP contribution is 2.38. The van der Waals surface area contributed by atoms with Gasteiger partial charge in [0.2, 0.25) is 5.91 Å². The Kier molecular flexibility index (Phi) is 8.78. The zero-order chi connectivity index (χ0) is 26.5. The highest BCUT2D eigenvalue weighted by Gasteiger charge is 2.36. The smallest absolute Gasteiger partial charge is 0.294 e. The van der Waals surface area contributed by atoms with Gasteiger partial charge in [0, 0.05) is 16.3 Å². The van der Waals surface area contributed by atoms with Crippen molar-refractivity contribution in [1.82, 2.24) is 4.90 Å². The lowest BCUT2D eigenvalue weighted by Gasteiger charge is -2.14. The number of carbonyl (C=O) groups is 3. The molecule has 1 saturated heterocycles. The predicted molar refractivity (Wildman–Crippen MR) is 154 cm³/mol. The Morgan fingerprint density at radius 2 is 1.92 bits per heavy atom. The zero-order valence-electron chi connectivity index (χ0n) is 19.9. The molecule has 0 atom stereocenters. The van der Waals surface area contributed by atoms with Gasteiger partial charge in [-0.2, -0.15) is 0 Å². The SMILES string of the molecule is COc1cc(/C=C2/SC(=O)N(CC(=O)Nc3cccc(C)c3)C2=O)cc(I)c1OCc1ccccc1Cl. The van der Waals surface area contributed by atoms with Gasteiger partial charge in [-0.15, -0.1) is 0 Å². The number of amides is 3. The molecule has 7 nitrogen and oxygen atoms in total. The van der Waals surface area contributed by atoms with Crippen LogP contribution in [-0.2, 0) is 16.2 Å². The molecule has 1 N–H and O–H groups in total. The molecule has 3 aromatic rings. The number of methoxy groups -OCH3 is 1. The zero-order valence-corrected chi connectivity index (χ0v) is 23.6. The van der Waals surface area contributed by atoms with Gasteiger partial charge in [0.15, 0.2) is 11.5 Å². The number of halogens is 2. The summed E-state index contributed by atoms with van der Waals surface area (Å²) in [7, 11) is 1.53. The van der Waals surface area contributed by atoms with E-state index in [1.807, 2.05) is 49.4 Å². The van der Waals surface area contributed by atoms with Crippen molar-refractivity contribution in [3.05, 3.63) is 90.9 Å². The summed E-state index contributed by atoms with van der Waals surface area (Å²) in [4.78, 5) is 39.0. The molecular formula is C27H22ClIN2O5S. The molecule has 0 bridgehead atoms. The van der Waals surface area contributed by atoms with Crippen LogP contribution < -0.4 is 14.8 Å². The van der Waals surface area contributed by atoms with Crippen LogP contribution in [0.3, 0.4) is 0 Å². The Balaban J connectivity index is 1.48. The lowest BCUT2D eigenvalue weighted by atomic mass is 10.1. The first-order valence-corrected chi connectivity index (χ1v) is 13.4. The summed E-state index contributed by atoms with van der Waals surface area (Å²) in [6.45, 7) is 1.80. The molecule has 0 unspecified atom stereocenters. The van der Waals surface area contributed by atoms with Crippen molar-refractivity contribution >= 4 is 74.8 Å². The van der Waals surface area contributed by atoms with Crippen molar-refractivity contribution in [3.63, 3.8) is 0 Å². The fraction of sp³-hybridized carbons (Fsp3) is 0.148. The molecule has 0 radical (unpaired) electrons. The van der Waals surface area contributed by atoms with Gasteiger partial charge in [-0.3, -0.25) is 19.3 Å². The van der Waals surface area contributed by atoms with E-state index in [2.05, 4.69) is 27.9 Å². The molecule has 0 aliphatic carbocycles. The largest absolute Gasteiger partial charge is 0.493 e. The molecule has 1 fully saturated rings. The summed E-state index contributed by atoms with van der Waals surface area (Å²) < 4.78 is 12.3. The van der Waals surface area contributed by atoms with Crippen LogP contribution in [0.25, 0.3) is 6.08 Å². The summed E-state index contributed by atoms with van der Waals surface area (Å²) in [5.74, 6) is 0.0378. The normalized spacial score (nSPS) is 14.3. The first-order valence-electron chi connectivity index (χ1n) is 11.1. The van der Waals surface area contributed by atoms with Gasteiger partial charge in [0.1, 0.15) is 13.2 Å². The number of aryl methyl sites for hydroxylation is 1. The van der Waals surface area contributed by atoms with Gasteiger partial charge in [0.25, 0.3) is 11.1 Å². The minimum absolute atomic E-state index is 0.218. The van der Waals surface area contributed by atoms with E-state index in [0.29, 0.717) is 27.8 Å². The van der Waals surface area contributed by atoms with E-state index in [1.54, 1.807) is 24.3 Å². The number of carbonyl (C=O) groups excluding carboxylic acids is 3. The van der Waals surface area contributed by atoms with Gasteiger partial charge < -0.3 is 14.8 Å². The monoisotopic (exact) mass is 648 g/mol. The van der Waals surface area contributed by atoms with Crippen molar-refractivity contribution in [2.24, 2.45) is 0 Å². The number of rotatable bonds is 8. The third-order valence-electron chi connectivity index (χ3n) is 5.36. The average molecular weight is 649 g/mol. The summed E-state index contributed by atoms with van der Waals surface area (Å²) in [5, 5.41) is 2.82. The summed E-state index contributed by atoms with van der Waals surface area (Å²) in [6.07, 6.45) is 1.60. The van der Waals surface area contributed by atoms with E-state index in [0.717, 1.165) is 31.4 Å². The van der Waals surface area contributed by atoms with Crippen LogP contribution in [0.1, 0.15) is 16.7 Å². The topological polar surface area (TPSA) is 84.9 Å². The lowest BCUT2D eigenvalue weighted by Crippen LogP contribution is -2.36. The Morgan fingerprint density at radius 1 is 1.14 bits per heavy atom. The molecule has 190 valence electrons. The Morgan fingerprint density at radius 3 is 2.65 bits per heavy atom. The number of nitrogens with zero attached hydrogens (tertiary/aromatic N) is 1. The first kappa shape index (κ1) is 27.0. The van der Waals surface area contributed by atoms with Crippen molar-refractivity contribution in [1.29, 1.82) is 0 Å². The van der Waals surface area contributed by atoms with Crippen LogP contribution in [0.4, 0.5) is 10.5 Å². The second-order valence-corrected chi connectivity index (χ2v) is 10.7. The maximum Gasteiger partial charge on any atom is 0.294 e. The van der Waals surface area contributed by atoms with Crippen molar-refractivity contribution in [2.45, 2.75) is 13.5 Å².